The topological polar surface area (TPSA) is 82.0 Å². The molecule has 26 heavy (non-hydrogen) atoms. The van der Waals surface area contributed by atoms with Gasteiger partial charge in [0.2, 0.25) is 0 Å². The summed E-state index contributed by atoms with van der Waals surface area (Å²) in [6.07, 6.45) is 8.70. The molecule has 0 spiro atoms. The van der Waals surface area contributed by atoms with Crippen LogP contribution in [0, 0.1) is 11.8 Å². The van der Waals surface area contributed by atoms with E-state index in [9.17, 15) is 13.5 Å². The second-order valence-electron chi connectivity index (χ2n) is 8.04. The lowest BCUT2D eigenvalue weighted by atomic mass is 9.89. The molecule has 1 unspecified atom stereocenters. The fraction of sp³-hybridized carbons (Fsp3) is 0.944. The predicted molar refractivity (Wildman–Crippen MR) is 116 cm³/mol. The molecule has 3 rings (SSSR count). The Morgan fingerprint density at radius 2 is 1.73 bits per heavy atom. The first-order valence-electron chi connectivity index (χ1n) is 9.93. The Balaban J connectivity index is 0.00000243. The summed E-state index contributed by atoms with van der Waals surface area (Å²) in [5.74, 6) is 2.40. The highest BCUT2D eigenvalue weighted by molar-refractivity contribution is 14.0. The molecule has 1 saturated carbocycles. The van der Waals surface area contributed by atoms with E-state index in [1.54, 1.807) is 0 Å². The van der Waals surface area contributed by atoms with Gasteiger partial charge in [-0.05, 0) is 43.9 Å². The van der Waals surface area contributed by atoms with Crippen LogP contribution in [0.4, 0.5) is 0 Å². The number of guanidine groups is 1. The summed E-state index contributed by atoms with van der Waals surface area (Å²) in [5, 5.41) is 13.3. The molecule has 0 aromatic rings. The first kappa shape index (κ1) is 22.2. The minimum atomic E-state index is -2.84. The van der Waals surface area contributed by atoms with Gasteiger partial charge in [0, 0.05) is 26.2 Å². The third-order valence-corrected chi connectivity index (χ3v) is 7.70. The molecule has 1 aliphatic carbocycles. The standard InChI is InChI=1S/C18H33N3O3S.HI/c22-17-6-9-21(10-7-17)18(19-12-15-4-2-1-3-5-15)20-13-16-8-11-25(23,24)14-16;/h15-17,22H,1-14H2,(H,19,20);1H. The van der Waals surface area contributed by atoms with E-state index in [1.807, 2.05) is 0 Å². The van der Waals surface area contributed by atoms with Crippen molar-refractivity contribution in [3.8, 4) is 0 Å². The van der Waals surface area contributed by atoms with E-state index in [4.69, 9.17) is 4.99 Å². The quantitative estimate of drug-likeness (QED) is 0.352. The summed E-state index contributed by atoms with van der Waals surface area (Å²) in [6, 6.07) is 0. The Hall–Kier alpha value is -0.0900. The summed E-state index contributed by atoms with van der Waals surface area (Å²) in [7, 11) is -2.84. The van der Waals surface area contributed by atoms with Crippen molar-refractivity contribution in [2.45, 2.75) is 57.5 Å². The number of halogens is 1. The minimum Gasteiger partial charge on any atom is -0.393 e. The lowest BCUT2D eigenvalue weighted by Crippen LogP contribution is -2.48. The number of hydrogen-bond donors (Lipinski definition) is 2. The van der Waals surface area contributed by atoms with Gasteiger partial charge in [-0.2, -0.15) is 0 Å². The minimum absolute atomic E-state index is 0. The monoisotopic (exact) mass is 499 g/mol. The van der Waals surface area contributed by atoms with Crippen LogP contribution in [0.25, 0.3) is 0 Å². The maximum absolute atomic E-state index is 11.7. The number of aliphatic hydroxyl groups excluding tert-OH is 1. The van der Waals surface area contributed by atoms with Gasteiger partial charge in [0.25, 0.3) is 0 Å². The zero-order chi connectivity index (χ0) is 17.7. The number of rotatable bonds is 4. The molecule has 3 aliphatic rings. The second kappa shape index (κ2) is 10.5. The van der Waals surface area contributed by atoms with Crippen LogP contribution >= 0.6 is 24.0 Å². The molecule has 1 atom stereocenters. The Bertz CT molecular complexity index is 556. The highest BCUT2D eigenvalue weighted by atomic mass is 127. The van der Waals surface area contributed by atoms with Gasteiger partial charge in [-0.3, -0.25) is 4.99 Å². The molecule has 6 nitrogen and oxygen atoms in total. The van der Waals surface area contributed by atoms with Crippen molar-refractivity contribution in [1.29, 1.82) is 0 Å². The molecule has 2 heterocycles. The third-order valence-electron chi connectivity index (χ3n) is 5.86. The van der Waals surface area contributed by atoms with Gasteiger partial charge in [-0.25, -0.2) is 8.42 Å². The average molecular weight is 499 g/mol. The van der Waals surface area contributed by atoms with Gasteiger partial charge >= 0.3 is 0 Å². The SMILES string of the molecule is I.O=S1(=O)CCC(CN=C(NCC2CCCCC2)N2CCC(O)CC2)C1. The number of hydrogen-bond acceptors (Lipinski definition) is 4. The van der Waals surface area contributed by atoms with Gasteiger partial charge in [0.15, 0.2) is 15.8 Å². The lowest BCUT2D eigenvalue weighted by Gasteiger charge is -2.33. The van der Waals surface area contributed by atoms with Crippen LogP contribution in [0.15, 0.2) is 4.99 Å². The van der Waals surface area contributed by atoms with Crippen molar-refractivity contribution in [3.63, 3.8) is 0 Å². The van der Waals surface area contributed by atoms with Crippen LogP contribution in [-0.4, -0.2) is 68.2 Å². The lowest BCUT2D eigenvalue weighted by molar-refractivity contribution is 0.107. The molecule has 0 radical (unpaired) electrons. The molecular formula is C18H34IN3O3S. The van der Waals surface area contributed by atoms with Gasteiger partial charge in [-0.15, -0.1) is 24.0 Å². The number of piperidine rings is 1. The summed E-state index contributed by atoms with van der Waals surface area (Å²) >= 11 is 0. The van der Waals surface area contributed by atoms with Crippen molar-refractivity contribution < 1.29 is 13.5 Å². The molecule has 152 valence electrons. The van der Waals surface area contributed by atoms with Crippen molar-refractivity contribution in [2.24, 2.45) is 16.8 Å². The fourth-order valence-corrected chi connectivity index (χ4v) is 6.05. The summed E-state index contributed by atoms with van der Waals surface area (Å²) < 4.78 is 23.3. The van der Waals surface area contributed by atoms with E-state index in [2.05, 4.69) is 10.2 Å². The smallest absolute Gasteiger partial charge is 0.193 e. The Morgan fingerprint density at radius 1 is 1.04 bits per heavy atom. The molecule has 8 heteroatoms. The first-order valence-corrected chi connectivity index (χ1v) is 11.8. The maximum atomic E-state index is 11.7. The van der Waals surface area contributed by atoms with E-state index >= 15 is 0 Å². The fourth-order valence-electron chi connectivity index (χ4n) is 4.20. The van der Waals surface area contributed by atoms with E-state index in [0.29, 0.717) is 12.3 Å². The van der Waals surface area contributed by atoms with Gasteiger partial charge in [0.1, 0.15) is 0 Å². The third kappa shape index (κ3) is 6.82. The zero-order valence-corrected chi connectivity index (χ0v) is 18.8. The number of nitrogens with zero attached hydrogens (tertiary/aromatic N) is 2. The predicted octanol–water partition coefficient (Wildman–Crippen LogP) is 2.02. The van der Waals surface area contributed by atoms with E-state index in [-0.39, 0.29) is 41.8 Å². The number of aliphatic hydroxyl groups is 1. The largest absolute Gasteiger partial charge is 0.393 e. The van der Waals surface area contributed by atoms with E-state index in [1.165, 1.54) is 32.1 Å². The molecular weight excluding hydrogens is 465 g/mol. The van der Waals surface area contributed by atoms with Gasteiger partial charge < -0.3 is 15.3 Å². The summed E-state index contributed by atoms with van der Waals surface area (Å²) in [6.45, 7) is 3.19. The first-order chi connectivity index (χ1) is 12.0. The molecule has 0 amide bonds. The summed E-state index contributed by atoms with van der Waals surface area (Å²) in [5.41, 5.74) is 0. The number of nitrogens with one attached hydrogen (secondary N) is 1. The zero-order valence-electron chi connectivity index (χ0n) is 15.6. The number of likely N-dealkylation sites (tertiary alicyclic amines) is 1. The molecule has 0 aromatic carbocycles. The number of sulfone groups is 1. The maximum Gasteiger partial charge on any atom is 0.193 e. The van der Waals surface area contributed by atoms with Gasteiger partial charge in [-0.1, -0.05) is 19.3 Å². The van der Waals surface area contributed by atoms with Crippen LogP contribution in [0.5, 0.6) is 0 Å². The van der Waals surface area contributed by atoms with Crippen molar-refractivity contribution in [3.05, 3.63) is 0 Å². The van der Waals surface area contributed by atoms with Crippen LogP contribution in [0.3, 0.4) is 0 Å². The van der Waals surface area contributed by atoms with Crippen LogP contribution in [0.2, 0.25) is 0 Å². The van der Waals surface area contributed by atoms with Crippen molar-refractivity contribution in [2.75, 3.05) is 37.7 Å². The Morgan fingerprint density at radius 3 is 2.35 bits per heavy atom. The highest BCUT2D eigenvalue weighted by Gasteiger charge is 2.28. The molecule has 2 N–H and O–H groups in total. The molecule has 2 saturated heterocycles. The van der Waals surface area contributed by atoms with Crippen LogP contribution in [0.1, 0.15) is 51.4 Å². The van der Waals surface area contributed by atoms with Crippen LogP contribution < -0.4 is 5.32 Å². The molecule has 0 aromatic heterocycles. The normalized spacial score (nSPS) is 28.0. The highest BCUT2D eigenvalue weighted by Crippen LogP contribution is 2.23. The number of aliphatic imine (C=N–C) groups is 1. The van der Waals surface area contributed by atoms with Gasteiger partial charge in [0.05, 0.1) is 17.6 Å². The second-order valence-corrected chi connectivity index (χ2v) is 10.3. The van der Waals surface area contributed by atoms with E-state index in [0.717, 1.165) is 50.8 Å². The molecule has 3 fully saturated rings. The summed E-state index contributed by atoms with van der Waals surface area (Å²) in [4.78, 5) is 7.02. The van der Waals surface area contributed by atoms with Crippen molar-refractivity contribution >= 4 is 39.8 Å². The molecule has 2 aliphatic heterocycles. The molecule has 0 bridgehead atoms. The average Bonchev–Trinajstić information content (AvgIpc) is 2.96. The Labute approximate surface area is 175 Å². The van der Waals surface area contributed by atoms with Crippen LogP contribution in [-0.2, 0) is 9.84 Å². The van der Waals surface area contributed by atoms with Crippen molar-refractivity contribution in [1.82, 2.24) is 10.2 Å². The van der Waals surface area contributed by atoms with E-state index < -0.39 is 9.84 Å². The Kier molecular flexibility index (Phi) is 8.93.